The molecular weight excluding hydrogens is 437 g/mol. The summed E-state index contributed by atoms with van der Waals surface area (Å²) in [7, 11) is 0. The summed E-state index contributed by atoms with van der Waals surface area (Å²) in [5.41, 5.74) is 1.61. The molecule has 1 aliphatic heterocycles. The van der Waals surface area contributed by atoms with Crippen LogP contribution in [-0.4, -0.2) is 50.8 Å². The summed E-state index contributed by atoms with van der Waals surface area (Å²) in [6, 6.07) is 14.1. The fraction of sp³-hybridized carbons (Fsp3) is 0.273. The van der Waals surface area contributed by atoms with Gasteiger partial charge in [0.05, 0.1) is 10.9 Å². The predicted molar refractivity (Wildman–Crippen MR) is 121 cm³/mol. The van der Waals surface area contributed by atoms with E-state index >= 15 is 0 Å². The van der Waals surface area contributed by atoms with Gasteiger partial charge in [0.1, 0.15) is 11.6 Å². The average Bonchev–Trinajstić information content (AvgIpc) is 3.27. The summed E-state index contributed by atoms with van der Waals surface area (Å²) in [6.45, 7) is 4.73. The third kappa shape index (κ3) is 3.75. The van der Waals surface area contributed by atoms with Crippen LogP contribution in [0.4, 0.5) is 10.1 Å². The number of aromatic nitrogens is 3. The van der Waals surface area contributed by atoms with Crippen molar-refractivity contribution in [2.24, 2.45) is 0 Å². The molecule has 1 N–H and O–H groups in total. The van der Waals surface area contributed by atoms with Gasteiger partial charge in [0.25, 0.3) is 0 Å². The van der Waals surface area contributed by atoms with E-state index in [-0.39, 0.29) is 11.7 Å². The molecule has 2 aromatic carbocycles. The summed E-state index contributed by atoms with van der Waals surface area (Å²) < 4.78 is 16.3. The summed E-state index contributed by atoms with van der Waals surface area (Å²) in [5.74, 6) is 0.316. The molecule has 0 bridgehead atoms. The monoisotopic (exact) mass is 457 g/mol. The number of thiazole rings is 1. The molecule has 9 heteroatoms. The first-order chi connectivity index (χ1) is 15.0. The second-order valence-electron chi connectivity index (χ2n) is 7.57. The Morgan fingerprint density at radius 1 is 1.10 bits per heavy atom. The minimum atomic E-state index is -0.420. The Labute approximate surface area is 188 Å². The standard InChI is InChI=1S/C22H21ClFN5OS/c1-14-25-22-29(26-14)21(30)20(31-22)19(17-7-2-3-8-18(17)24)28-11-9-27(10-12-28)16-6-4-5-15(23)13-16/h2-8,13,19,30H,9-12H2,1H3/t19-/m0/s1. The number of halogens is 2. The molecule has 1 saturated heterocycles. The van der Waals surface area contributed by atoms with E-state index in [9.17, 15) is 9.50 Å². The van der Waals surface area contributed by atoms with Crippen molar-refractivity contribution >= 4 is 33.6 Å². The number of benzene rings is 2. The first-order valence-electron chi connectivity index (χ1n) is 10.1. The van der Waals surface area contributed by atoms with Crippen molar-refractivity contribution in [1.29, 1.82) is 0 Å². The molecule has 6 nitrogen and oxygen atoms in total. The quantitative estimate of drug-likeness (QED) is 0.488. The molecule has 3 heterocycles. The maximum atomic E-state index is 14.9. The van der Waals surface area contributed by atoms with Gasteiger partial charge in [-0.05, 0) is 31.2 Å². The number of anilines is 1. The lowest BCUT2D eigenvalue weighted by Gasteiger charge is -2.40. The molecule has 0 amide bonds. The number of hydrogen-bond acceptors (Lipinski definition) is 6. The van der Waals surface area contributed by atoms with Crippen LogP contribution in [0.15, 0.2) is 48.5 Å². The highest BCUT2D eigenvalue weighted by Gasteiger charge is 2.33. The highest BCUT2D eigenvalue weighted by atomic mass is 35.5. The number of aromatic hydroxyl groups is 1. The minimum absolute atomic E-state index is 0.0196. The summed E-state index contributed by atoms with van der Waals surface area (Å²) in [5, 5.41) is 15.9. The predicted octanol–water partition coefficient (Wildman–Crippen LogP) is 4.51. The van der Waals surface area contributed by atoms with Gasteiger partial charge < -0.3 is 10.0 Å². The smallest absolute Gasteiger partial charge is 0.230 e. The van der Waals surface area contributed by atoms with Crippen LogP contribution >= 0.6 is 22.9 Å². The van der Waals surface area contributed by atoms with Gasteiger partial charge in [0.15, 0.2) is 0 Å². The van der Waals surface area contributed by atoms with E-state index in [0.717, 1.165) is 18.8 Å². The maximum absolute atomic E-state index is 14.9. The second kappa shape index (κ2) is 8.11. The Balaban J connectivity index is 1.49. The van der Waals surface area contributed by atoms with Crippen LogP contribution in [0.1, 0.15) is 22.3 Å². The van der Waals surface area contributed by atoms with Crippen molar-refractivity contribution in [3.05, 3.63) is 75.6 Å². The number of fused-ring (bicyclic) bond motifs is 1. The second-order valence-corrected chi connectivity index (χ2v) is 9.02. The molecule has 31 heavy (non-hydrogen) atoms. The van der Waals surface area contributed by atoms with Crippen LogP contribution in [-0.2, 0) is 0 Å². The first kappa shape index (κ1) is 20.2. The molecule has 1 aliphatic rings. The highest BCUT2D eigenvalue weighted by Crippen LogP contribution is 2.41. The van der Waals surface area contributed by atoms with Crippen LogP contribution < -0.4 is 4.90 Å². The Bertz CT molecular complexity index is 1230. The molecule has 0 unspecified atom stereocenters. The van der Waals surface area contributed by atoms with Crippen molar-refractivity contribution < 1.29 is 9.50 Å². The number of rotatable bonds is 4. The van der Waals surface area contributed by atoms with Crippen LogP contribution in [0.2, 0.25) is 5.02 Å². The average molecular weight is 458 g/mol. The third-order valence-electron chi connectivity index (χ3n) is 5.61. The third-order valence-corrected chi connectivity index (χ3v) is 6.91. The lowest BCUT2D eigenvalue weighted by molar-refractivity contribution is 0.208. The Hall–Kier alpha value is -2.68. The summed E-state index contributed by atoms with van der Waals surface area (Å²) in [4.78, 5) is 10.1. The molecule has 0 spiro atoms. The fourth-order valence-corrected chi connectivity index (χ4v) is 5.48. The zero-order valence-corrected chi connectivity index (χ0v) is 18.4. The van der Waals surface area contributed by atoms with Gasteiger partial charge in [-0.2, -0.15) is 4.52 Å². The van der Waals surface area contributed by atoms with E-state index in [1.807, 2.05) is 30.3 Å². The molecule has 0 radical (unpaired) electrons. The van der Waals surface area contributed by atoms with Gasteiger partial charge in [0, 0.05) is 42.5 Å². The van der Waals surface area contributed by atoms with Gasteiger partial charge in [-0.15, -0.1) is 5.10 Å². The maximum Gasteiger partial charge on any atom is 0.230 e. The van der Waals surface area contributed by atoms with Crippen molar-refractivity contribution in [3.63, 3.8) is 0 Å². The van der Waals surface area contributed by atoms with Gasteiger partial charge in [-0.3, -0.25) is 4.90 Å². The van der Waals surface area contributed by atoms with Crippen molar-refractivity contribution in [1.82, 2.24) is 19.5 Å². The Morgan fingerprint density at radius 3 is 2.58 bits per heavy atom. The van der Waals surface area contributed by atoms with Crippen LogP contribution in [0.25, 0.3) is 4.96 Å². The molecule has 160 valence electrons. The first-order valence-corrected chi connectivity index (χ1v) is 11.2. The van der Waals surface area contributed by atoms with Crippen LogP contribution in [0.5, 0.6) is 5.88 Å². The van der Waals surface area contributed by atoms with E-state index in [4.69, 9.17) is 11.6 Å². The SMILES string of the molecule is Cc1nc2sc([C@H](c3ccccc3F)N3CCN(c4cccc(Cl)c4)CC3)c(O)n2n1. The minimum Gasteiger partial charge on any atom is -0.492 e. The van der Waals surface area contributed by atoms with Gasteiger partial charge in [-0.1, -0.05) is 47.2 Å². The summed E-state index contributed by atoms with van der Waals surface area (Å²) >= 11 is 7.51. The van der Waals surface area contributed by atoms with E-state index in [2.05, 4.69) is 19.9 Å². The molecule has 0 aliphatic carbocycles. The lowest BCUT2D eigenvalue weighted by Crippen LogP contribution is -2.48. The largest absolute Gasteiger partial charge is 0.492 e. The van der Waals surface area contributed by atoms with Crippen molar-refractivity contribution in [2.45, 2.75) is 13.0 Å². The number of hydrogen-bond donors (Lipinski definition) is 1. The highest BCUT2D eigenvalue weighted by molar-refractivity contribution is 7.17. The molecule has 2 aromatic heterocycles. The van der Waals surface area contributed by atoms with Crippen molar-refractivity contribution in [3.8, 4) is 5.88 Å². The topological polar surface area (TPSA) is 56.9 Å². The van der Waals surface area contributed by atoms with Gasteiger partial charge in [-0.25, -0.2) is 9.37 Å². The molecular formula is C22H21ClFN5OS. The zero-order valence-electron chi connectivity index (χ0n) is 16.9. The number of nitrogens with zero attached hydrogens (tertiary/aromatic N) is 5. The lowest BCUT2D eigenvalue weighted by atomic mass is 10.0. The Kier molecular flexibility index (Phi) is 5.29. The Morgan fingerprint density at radius 2 is 1.87 bits per heavy atom. The van der Waals surface area contributed by atoms with E-state index < -0.39 is 6.04 Å². The zero-order chi connectivity index (χ0) is 21.5. The molecule has 0 saturated carbocycles. The fourth-order valence-electron chi connectivity index (χ4n) is 4.14. The molecule has 1 fully saturated rings. The van der Waals surface area contributed by atoms with Crippen LogP contribution in [0.3, 0.4) is 0 Å². The summed E-state index contributed by atoms with van der Waals surface area (Å²) in [6.07, 6.45) is 0. The van der Waals surface area contributed by atoms with Crippen molar-refractivity contribution in [2.75, 3.05) is 31.1 Å². The molecule has 4 aromatic rings. The van der Waals surface area contributed by atoms with E-state index in [0.29, 0.717) is 39.3 Å². The molecule has 1 atom stereocenters. The van der Waals surface area contributed by atoms with E-state index in [1.165, 1.54) is 21.9 Å². The van der Waals surface area contributed by atoms with Crippen LogP contribution in [0, 0.1) is 12.7 Å². The number of piperazine rings is 1. The van der Waals surface area contributed by atoms with E-state index in [1.54, 1.807) is 19.1 Å². The normalized spacial score (nSPS) is 16.2. The number of aryl methyl sites for hydroxylation is 1. The molecule has 5 rings (SSSR count). The van der Waals surface area contributed by atoms with Gasteiger partial charge in [0.2, 0.25) is 10.8 Å². The van der Waals surface area contributed by atoms with Gasteiger partial charge >= 0.3 is 0 Å².